The quantitative estimate of drug-likeness (QED) is 0.479. The largest absolute Gasteiger partial charge is 0.446 e. The van der Waals surface area contributed by atoms with Crippen molar-refractivity contribution in [2.24, 2.45) is 0 Å². The van der Waals surface area contributed by atoms with Gasteiger partial charge in [0.25, 0.3) is 0 Å². The monoisotopic (exact) mass is 502 g/mol. The number of hydrogen-bond donors (Lipinski definition) is 2. The Morgan fingerprint density at radius 2 is 2.07 bits per heavy atom. The molecular weight excluding hydrogens is 487 g/mol. The Labute approximate surface area is 179 Å². The van der Waals surface area contributed by atoms with Crippen LogP contribution >= 0.6 is 15.9 Å². The Balaban J connectivity index is 1.57. The second kappa shape index (κ2) is 8.75. The molecule has 4 rings (SSSR count). The number of piperidine rings is 1. The van der Waals surface area contributed by atoms with Crippen molar-refractivity contribution in [2.45, 2.75) is 18.9 Å². The van der Waals surface area contributed by atoms with Crippen LogP contribution in [0.2, 0.25) is 0 Å². The zero-order chi connectivity index (χ0) is 21.3. The van der Waals surface area contributed by atoms with Crippen molar-refractivity contribution >= 4 is 32.8 Å². The second-order valence-electron chi connectivity index (χ2n) is 6.65. The van der Waals surface area contributed by atoms with Crippen molar-refractivity contribution in [3.8, 4) is 17.2 Å². The van der Waals surface area contributed by atoms with Gasteiger partial charge in [-0.25, -0.2) is 22.6 Å². The van der Waals surface area contributed by atoms with Crippen LogP contribution in [0.4, 0.5) is 10.2 Å². The summed E-state index contributed by atoms with van der Waals surface area (Å²) in [6, 6.07) is 4.05. The molecule has 1 aliphatic heterocycles. The fourth-order valence-corrected chi connectivity index (χ4v) is 4.17. The molecule has 30 heavy (non-hydrogen) atoms. The van der Waals surface area contributed by atoms with E-state index < -0.39 is 22.7 Å². The van der Waals surface area contributed by atoms with Crippen LogP contribution in [-0.2, 0) is 11.1 Å². The number of aromatic nitrogens is 4. The first-order valence-corrected chi connectivity index (χ1v) is 10.9. The normalized spacial score (nSPS) is 16.6. The standard InChI is InChI=1S/C16H16BrFN6O5S/c17-11-7-10(1-2-12(11)18)24-15(22-28-16(24)25)13-14(21-29-20-13)19-9-3-5-23(6-4-9)8-30(26)27/h1-2,7,9H,3-6,8H2,(H,19,21)(H,26,27). The fraction of sp³-hybridized carbons (Fsp3) is 0.375. The van der Waals surface area contributed by atoms with Gasteiger partial charge in [-0.05, 0) is 57.3 Å². The van der Waals surface area contributed by atoms with Gasteiger partial charge >= 0.3 is 5.76 Å². The van der Waals surface area contributed by atoms with Crippen LogP contribution < -0.4 is 11.1 Å². The predicted molar refractivity (Wildman–Crippen MR) is 107 cm³/mol. The average Bonchev–Trinajstić information content (AvgIpc) is 3.31. The van der Waals surface area contributed by atoms with Gasteiger partial charge in [0, 0.05) is 19.1 Å². The summed E-state index contributed by atoms with van der Waals surface area (Å²) in [5.41, 5.74) is 0.490. The molecule has 2 N–H and O–H groups in total. The molecule has 1 aromatic carbocycles. The van der Waals surface area contributed by atoms with Crippen LogP contribution in [0.3, 0.4) is 0 Å². The maximum Gasteiger partial charge on any atom is 0.446 e. The molecule has 11 nitrogen and oxygen atoms in total. The average molecular weight is 503 g/mol. The molecule has 160 valence electrons. The van der Waals surface area contributed by atoms with Crippen molar-refractivity contribution in [1.29, 1.82) is 0 Å². The minimum Gasteiger partial charge on any atom is -0.362 e. The van der Waals surface area contributed by atoms with Gasteiger partial charge in [0.15, 0.2) is 16.8 Å². The molecule has 14 heteroatoms. The number of hydrogen-bond acceptors (Lipinski definition) is 9. The topological polar surface area (TPSA) is 140 Å². The third-order valence-electron chi connectivity index (χ3n) is 4.69. The summed E-state index contributed by atoms with van der Waals surface area (Å²) < 4.78 is 44.5. The minimum absolute atomic E-state index is 0.0195. The van der Waals surface area contributed by atoms with E-state index in [0.717, 1.165) is 4.57 Å². The van der Waals surface area contributed by atoms with Crippen molar-refractivity contribution < 1.29 is 22.3 Å². The van der Waals surface area contributed by atoms with E-state index in [1.165, 1.54) is 18.2 Å². The lowest BCUT2D eigenvalue weighted by atomic mass is 10.1. The lowest BCUT2D eigenvalue weighted by Crippen LogP contribution is -2.40. The van der Waals surface area contributed by atoms with Gasteiger partial charge in [0.2, 0.25) is 11.6 Å². The molecule has 2 aromatic heterocycles. The summed E-state index contributed by atoms with van der Waals surface area (Å²) in [7, 11) is 0. The highest BCUT2D eigenvalue weighted by Crippen LogP contribution is 2.27. The van der Waals surface area contributed by atoms with Crippen LogP contribution in [-0.4, -0.2) is 58.7 Å². The Hall–Kier alpha value is -2.42. The summed E-state index contributed by atoms with van der Waals surface area (Å²) in [5.74, 6) is -0.811. The SMILES string of the molecule is O=c1onc(-c2nonc2NC2CCN(CS(=O)O)CC2)n1-c1ccc(F)c(Br)c1. The van der Waals surface area contributed by atoms with E-state index >= 15 is 0 Å². The second-order valence-corrected chi connectivity index (χ2v) is 8.41. The minimum atomic E-state index is -1.87. The van der Waals surface area contributed by atoms with Crippen molar-refractivity contribution in [3.63, 3.8) is 0 Å². The molecule has 0 amide bonds. The van der Waals surface area contributed by atoms with Gasteiger partial charge in [-0.1, -0.05) is 5.16 Å². The highest BCUT2D eigenvalue weighted by molar-refractivity contribution is 9.10. The van der Waals surface area contributed by atoms with Gasteiger partial charge in [0.05, 0.1) is 10.2 Å². The van der Waals surface area contributed by atoms with E-state index in [4.69, 9.17) is 13.7 Å². The molecule has 0 bridgehead atoms. The zero-order valence-electron chi connectivity index (χ0n) is 15.3. The van der Waals surface area contributed by atoms with Gasteiger partial charge in [-0.2, -0.15) is 0 Å². The van der Waals surface area contributed by atoms with Crippen molar-refractivity contribution in [3.05, 3.63) is 39.0 Å². The van der Waals surface area contributed by atoms with E-state index in [9.17, 15) is 13.4 Å². The molecule has 0 saturated carbocycles. The Bertz CT molecular complexity index is 1130. The number of likely N-dealkylation sites (tertiary alicyclic amines) is 1. The maximum absolute atomic E-state index is 13.6. The molecule has 3 aromatic rings. The maximum atomic E-state index is 13.6. The van der Waals surface area contributed by atoms with Crippen LogP contribution in [0, 0.1) is 5.82 Å². The predicted octanol–water partition coefficient (Wildman–Crippen LogP) is 1.83. The molecule has 1 unspecified atom stereocenters. The number of rotatable bonds is 6. The highest BCUT2D eigenvalue weighted by Gasteiger charge is 2.26. The number of nitrogens with one attached hydrogen (secondary N) is 1. The molecule has 0 spiro atoms. The van der Waals surface area contributed by atoms with Crippen LogP contribution in [0.5, 0.6) is 0 Å². The lowest BCUT2D eigenvalue weighted by molar-refractivity contribution is 0.247. The van der Waals surface area contributed by atoms with E-state index in [2.05, 4.69) is 36.7 Å². The lowest BCUT2D eigenvalue weighted by Gasteiger charge is -2.31. The van der Waals surface area contributed by atoms with Gasteiger partial charge < -0.3 is 9.87 Å². The smallest absolute Gasteiger partial charge is 0.362 e. The summed E-state index contributed by atoms with van der Waals surface area (Å²) in [6.45, 7) is 1.28. The van der Waals surface area contributed by atoms with E-state index in [1.54, 1.807) is 0 Å². The molecular formula is C16H16BrFN6O5S. The molecule has 3 heterocycles. The third-order valence-corrected chi connectivity index (χ3v) is 5.88. The molecule has 0 aliphatic carbocycles. The first-order valence-electron chi connectivity index (χ1n) is 8.86. The highest BCUT2D eigenvalue weighted by atomic mass is 79.9. The third kappa shape index (κ3) is 4.35. The van der Waals surface area contributed by atoms with Crippen LogP contribution in [0.15, 0.2) is 36.6 Å². The van der Waals surface area contributed by atoms with Crippen molar-refractivity contribution in [1.82, 2.24) is 24.9 Å². The summed E-state index contributed by atoms with van der Waals surface area (Å²) in [4.78, 5) is 14.1. The first-order chi connectivity index (χ1) is 14.4. The van der Waals surface area contributed by atoms with Gasteiger partial charge in [-0.3, -0.25) is 9.42 Å². The molecule has 1 fully saturated rings. The molecule has 1 atom stereocenters. The van der Waals surface area contributed by atoms with E-state index in [0.29, 0.717) is 31.6 Å². The first kappa shape index (κ1) is 20.8. The van der Waals surface area contributed by atoms with E-state index in [-0.39, 0.29) is 33.7 Å². The van der Waals surface area contributed by atoms with E-state index in [1.807, 2.05) is 4.90 Å². The van der Waals surface area contributed by atoms with Gasteiger partial charge in [0.1, 0.15) is 11.7 Å². The van der Waals surface area contributed by atoms with Crippen LogP contribution in [0.25, 0.3) is 17.2 Å². The number of anilines is 1. The summed E-state index contributed by atoms with van der Waals surface area (Å²) in [6.07, 6.45) is 1.42. The fourth-order valence-electron chi connectivity index (χ4n) is 3.24. The Kier molecular flexibility index (Phi) is 6.08. The summed E-state index contributed by atoms with van der Waals surface area (Å²) >= 11 is 1.22. The zero-order valence-corrected chi connectivity index (χ0v) is 17.7. The number of benzene rings is 1. The van der Waals surface area contributed by atoms with Crippen LogP contribution in [0.1, 0.15) is 12.8 Å². The van der Waals surface area contributed by atoms with Gasteiger partial charge in [-0.15, -0.1) is 0 Å². The molecule has 1 aliphatic rings. The number of nitrogens with zero attached hydrogens (tertiary/aromatic N) is 5. The molecule has 0 radical (unpaired) electrons. The molecule has 1 saturated heterocycles. The number of halogens is 2. The van der Waals surface area contributed by atoms with Crippen molar-refractivity contribution in [2.75, 3.05) is 24.3 Å². The Morgan fingerprint density at radius 1 is 1.30 bits per heavy atom. The summed E-state index contributed by atoms with van der Waals surface area (Å²) in [5, 5.41) is 14.7. The Morgan fingerprint density at radius 3 is 2.77 bits per heavy atom.